The molecular formula is C7H3N5O10S. The summed E-state index contributed by atoms with van der Waals surface area (Å²) in [7, 11) is 0. The van der Waals surface area contributed by atoms with E-state index in [1.807, 2.05) is 0 Å². The second-order valence-corrected chi connectivity index (χ2v) is 4.81. The van der Waals surface area contributed by atoms with E-state index in [2.05, 4.69) is 0 Å². The molecule has 15 nitrogen and oxygen atoms in total. The number of thioether (sulfide) groups is 1. The maximum atomic E-state index is 10.9. The Balaban J connectivity index is 3.54. The van der Waals surface area contributed by atoms with E-state index in [0.717, 1.165) is 0 Å². The first-order valence-electron chi connectivity index (χ1n) is 5.09. The summed E-state index contributed by atoms with van der Waals surface area (Å²) in [5, 5.41) is 49.7. The van der Waals surface area contributed by atoms with Gasteiger partial charge in [0.15, 0.2) is 14.8 Å². The maximum absolute atomic E-state index is 10.9. The summed E-state index contributed by atoms with van der Waals surface area (Å²) >= 11 is -0.626. The van der Waals surface area contributed by atoms with Crippen molar-refractivity contribution in [1.29, 1.82) is 0 Å². The second-order valence-electron chi connectivity index (χ2n) is 3.61. The maximum Gasteiger partial charge on any atom is 0.758 e. The highest BCUT2D eigenvalue weighted by molar-refractivity contribution is 8.00. The lowest BCUT2D eigenvalue weighted by Gasteiger charge is -2.07. The normalized spacial score (nSPS) is 10.8. The Morgan fingerprint density at radius 3 is 1.61 bits per heavy atom. The fourth-order valence-electron chi connectivity index (χ4n) is 1.31. The monoisotopic (exact) mass is 349 g/mol. The van der Waals surface area contributed by atoms with Crippen LogP contribution in [0.2, 0.25) is 0 Å². The molecule has 0 atom stereocenters. The number of rotatable bonds is 7. The predicted molar refractivity (Wildman–Crippen MR) is 69.3 cm³/mol. The highest BCUT2D eigenvalue weighted by Crippen LogP contribution is 2.40. The first-order valence-corrected chi connectivity index (χ1v) is 5.91. The zero-order valence-electron chi connectivity index (χ0n) is 10.5. The summed E-state index contributed by atoms with van der Waals surface area (Å²) in [5.74, 6) is 0. The van der Waals surface area contributed by atoms with Crippen LogP contribution in [0.1, 0.15) is 0 Å². The van der Waals surface area contributed by atoms with Gasteiger partial charge in [0.25, 0.3) is 11.4 Å². The van der Waals surface area contributed by atoms with Gasteiger partial charge in [-0.3, -0.25) is 50.6 Å². The highest BCUT2D eigenvalue weighted by Gasteiger charge is 2.73. The zero-order valence-corrected chi connectivity index (χ0v) is 11.3. The molecule has 0 aliphatic rings. The first-order chi connectivity index (χ1) is 10.5. The molecule has 0 aliphatic heterocycles. The van der Waals surface area contributed by atoms with Gasteiger partial charge in [-0.2, -0.15) is 0 Å². The Labute approximate surface area is 127 Å². The third-order valence-corrected chi connectivity index (χ3v) is 3.60. The lowest BCUT2D eigenvalue weighted by Crippen LogP contribution is -2.50. The molecule has 0 saturated heterocycles. The van der Waals surface area contributed by atoms with Gasteiger partial charge < -0.3 is 0 Å². The fourth-order valence-corrected chi connectivity index (χ4v) is 2.20. The van der Waals surface area contributed by atoms with E-state index in [1.165, 1.54) is 0 Å². The molecule has 0 aliphatic carbocycles. The van der Waals surface area contributed by atoms with Gasteiger partial charge in [-0.25, -0.2) is 0 Å². The minimum atomic E-state index is -4.03. The number of hydrogen-bond acceptors (Lipinski definition) is 11. The summed E-state index contributed by atoms with van der Waals surface area (Å²) in [6, 6.07) is 1.64. The molecular weight excluding hydrogens is 346 g/mol. The molecule has 0 bridgehead atoms. The summed E-state index contributed by atoms with van der Waals surface area (Å²) in [5.41, 5.74) is -1.88. The number of nitrogens with zero attached hydrogens (tertiary/aromatic N) is 5. The molecule has 0 radical (unpaired) electrons. The van der Waals surface area contributed by atoms with Crippen LogP contribution in [-0.2, 0) is 0 Å². The van der Waals surface area contributed by atoms with Crippen molar-refractivity contribution < 1.29 is 24.6 Å². The molecule has 1 aromatic carbocycles. The first kappa shape index (κ1) is 17.6. The van der Waals surface area contributed by atoms with Crippen molar-refractivity contribution in [2.24, 2.45) is 0 Å². The summed E-state index contributed by atoms with van der Waals surface area (Å²) in [6.45, 7) is 0. The number of benzene rings is 1. The fraction of sp³-hybridized carbons (Fsp3) is 0.143. The van der Waals surface area contributed by atoms with Crippen LogP contribution in [0.5, 0.6) is 0 Å². The molecule has 16 heteroatoms. The van der Waals surface area contributed by atoms with Gasteiger partial charge in [-0.15, -0.1) is 0 Å². The van der Waals surface area contributed by atoms with Crippen molar-refractivity contribution >= 4 is 23.1 Å². The van der Waals surface area contributed by atoms with Crippen LogP contribution in [-0.4, -0.2) is 29.7 Å². The molecule has 122 valence electrons. The van der Waals surface area contributed by atoms with Gasteiger partial charge in [0, 0.05) is 6.07 Å². The van der Waals surface area contributed by atoms with Crippen LogP contribution in [0.25, 0.3) is 0 Å². The topological polar surface area (TPSA) is 216 Å². The Kier molecular flexibility index (Phi) is 4.70. The lowest BCUT2D eigenvalue weighted by molar-refractivity contribution is -0.934. The molecule has 1 rings (SSSR count). The number of nitro groups is 5. The smallest absolute Gasteiger partial charge is 0.258 e. The Morgan fingerprint density at radius 1 is 0.783 bits per heavy atom. The molecule has 23 heavy (non-hydrogen) atoms. The van der Waals surface area contributed by atoms with Crippen molar-refractivity contribution in [1.82, 2.24) is 0 Å². The van der Waals surface area contributed by atoms with Crippen molar-refractivity contribution in [3.8, 4) is 0 Å². The van der Waals surface area contributed by atoms with E-state index in [0.29, 0.717) is 18.2 Å². The van der Waals surface area contributed by atoms with Crippen LogP contribution >= 0.6 is 11.8 Å². The lowest BCUT2D eigenvalue weighted by atomic mass is 10.3. The molecule has 0 heterocycles. The summed E-state index contributed by atoms with van der Waals surface area (Å²) < 4.78 is 0. The van der Waals surface area contributed by atoms with Crippen LogP contribution in [0.3, 0.4) is 0 Å². The van der Waals surface area contributed by atoms with E-state index >= 15 is 0 Å². The molecule has 1 aromatic rings. The largest absolute Gasteiger partial charge is 0.758 e. The number of non-ortho nitro benzene ring substituents is 1. The third kappa shape index (κ3) is 3.10. The molecule has 0 spiro atoms. The summed E-state index contributed by atoms with van der Waals surface area (Å²) in [4.78, 5) is 45.2. The molecule has 0 unspecified atom stereocenters. The predicted octanol–water partition coefficient (Wildman–Crippen LogP) is 1.04. The van der Waals surface area contributed by atoms with Gasteiger partial charge in [0.2, 0.25) is 0 Å². The van der Waals surface area contributed by atoms with E-state index in [-0.39, 0.29) is 0 Å². The van der Waals surface area contributed by atoms with Gasteiger partial charge >= 0.3 is 5.12 Å². The van der Waals surface area contributed by atoms with E-state index in [4.69, 9.17) is 0 Å². The van der Waals surface area contributed by atoms with Crippen LogP contribution in [0.15, 0.2) is 23.1 Å². The van der Waals surface area contributed by atoms with Crippen molar-refractivity contribution in [2.75, 3.05) is 0 Å². The van der Waals surface area contributed by atoms with E-state index < -0.39 is 57.8 Å². The van der Waals surface area contributed by atoms with Gasteiger partial charge in [0.1, 0.15) is 16.7 Å². The number of nitro benzene ring substituents is 2. The van der Waals surface area contributed by atoms with Crippen molar-refractivity contribution in [2.45, 2.75) is 10.0 Å². The standard InChI is InChI=1S/C7H3N5O10S/c13-8(14)4-1-2-6(5(3-4)9(15)16)23-7(10(17)18,11(19)20)12(21)22/h1-3H. The Morgan fingerprint density at radius 2 is 1.26 bits per heavy atom. The quantitative estimate of drug-likeness (QED) is 0.293. The van der Waals surface area contributed by atoms with Gasteiger partial charge in [0.05, 0.1) is 15.9 Å². The highest BCUT2D eigenvalue weighted by atomic mass is 32.2. The van der Waals surface area contributed by atoms with Gasteiger partial charge in [-0.05, 0) is 6.07 Å². The van der Waals surface area contributed by atoms with Crippen molar-refractivity contribution in [3.63, 3.8) is 0 Å². The third-order valence-electron chi connectivity index (χ3n) is 2.31. The average molecular weight is 349 g/mol. The van der Waals surface area contributed by atoms with Gasteiger partial charge in [-0.1, -0.05) is 0 Å². The van der Waals surface area contributed by atoms with Crippen molar-refractivity contribution in [3.05, 3.63) is 68.8 Å². The van der Waals surface area contributed by atoms with E-state index in [9.17, 15) is 50.6 Å². The molecule has 0 N–H and O–H groups in total. The molecule has 0 aromatic heterocycles. The zero-order chi connectivity index (χ0) is 17.9. The second kappa shape index (κ2) is 6.13. The molecule has 0 saturated carbocycles. The van der Waals surface area contributed by atoms with E-state index in [1.54, 1.807) is 0 Å². The molecule has 0 amide bonds. The summed E-state index contributed by atoms with van der Waals surface area (Å²) in [6.07, 6.45) is 0. The van der Waals surface area contributed by atoms with Crippen LogP contribution in [0, 0.1) is 50.6 Å². The number of hydrogen-bond donors (Lipinski definition) is 0. The minimum Gasteiger partial charge on any atom is -0.258 e. The minimum absolute atomic E-state index is 0.382. The Hall–Kier alpha value is -3.43. The average Bonchev–Trinajstić information content (AvgIpc) is 2.42. The SMILES string of the molecule is O=[N+]([O-])c1ccc(SC([N+](=O)[O-])([N+](=O)[O-])[N+](=O)[O-])c([N+](=O)[O-])c1. The van der Waals surface area contributed by atoms with Crippen LogP contribution in [0.4, 0.5) is 11.4 Å². The molecule has 0 fully saturated rings. The van der Waals surface area contributed by atoms with Crippen LogP contribution < -0.4 is 0 Å². The Bertz CT molecular complexity index is 698.